The first-order chi connectivity index (χ1) is 10.2. The predicted octanol–water partition coefficient (Wildman–Crippen LogP) is 3.32. The van der Waals surface area contributed by atoms with E-state index >= 15 is 0 Å². The molecule has 1 aliphatic heterocycles. The van der Waals surface area contributed by atoms with E-state index in [1.54, 1.807) is 0 Å². The van der Waals surface area contributed by atoms with Gasteiger partial charge in [-0.1, -0.05) is 25.7 Å². The van der Waals surface area contributed by atoms with Gasteiger partial charge in [-0.15, -0.1) is 0 Å². The summed E-state index contributed by atoms with van der Waals surface area (Å²) in [4.78, 5) is 15.0. The topological polar surface area (TPSA) is 46.3 Å². The quantitative estimate of drug-likeness (QED) is 0.867. The molecule has 3 heteroatoms. The molecule has 3 aliphatic rings. The van der Waals surface area contributed by atoms with Gasteiger partial charge in [0.1, 0.15) is 0 Å². The normalized spacial score (nSPS) is 32.5. The fourth-order valence-corrected chi connectivity index (χ4v) is 5.10. The van der Waals surface area contributed by atoms with Crippen LogP contribution in [0.1, 0.15) is 70.6 Å². The smallest absolute Gasteiger partial charge is 0.225 e. The fourth-order valence-electron chi connectivity index (χ4n) is 5.10. The number of carbonyl (C=O) groups is 1. The lowest BCUT2D eigenvalue weighted by Gasteiger charge is -2.41. The van der Waals surface area contributed by atoms with Crippen LogP contribution in [0.4, 0.5) is 0 Å². The maximum Gasteiger partial charge on any atom is 0.225 e. The van der Waals surface area contributed by atoms with Crippen molar-refractivity contribution in [3.05, 3.63) is 0 Å². The standard InChI is InChI=1S/C18H32N2O/c19-11-6-15-4-3-5-16(14-15)17(21)20-12-9-18(10-13-20)7-1-2-8-18/h15-16H,1-14,19H2. The fraction of sp³-hybridized carbons (Fsp3) is 0.944. The number of hydrogen-bond acceptors (Lipinski definition) is 2. The van der Waals surface area contributed by atoms with Crippen LogP contribution in [0.15, 0.2) is 0 Å². The summed E-state index contributed by atoms with van der Waals surface area (Å²) >= 11 is 0. The lowest BCUT2D eigenvalue weighted by Crippen LogP contribution is -2.45. The van der Waals surface area contributed by atoms with Crippen molar-refractivity contribution < 1.29 is 4.79 Å². The van der Waals surface area contributed by atoms with E-state index in [4.69, 9.17) is 5.73 Å². The van der Waals surface area contributed by atoms with E-state index < -0.39 is 0 Å². The van der Waals surface area contributed by atoms with Gasteiger partial charge < -0.3 is 10.6 Å². The van der Waals surface area contributed by atoms with Crippen LogP contribution in [0, 0.1) is 17.3 Å². The van der Waals surface area contributed by atoms with Gasteiger partial charge in [0.05, 0.1) is 0 Å². The molecule has 21 heavy (non-hydrogen) atoms. The van der Waals surface area contributed by atoms with Gasteiger partial charge in [-0.2, -0.15) is 0 Å². The first kappa shape index (κ1) is 15.3. The van der Waals surface area contributed by atoms with Gasteiger partial charge in [0.15, 0.2) is 0 Å². The minimum Gasteiger partial charge on any atom is -0.342 e. The molecule has 3 rings (SSSR count). The first-order valence-electron chi connectivity index (χ1n) is 9.21. The predicted molar refractivity (Wildman–Crippen MR) is 85.8 cm³/mol. The number of hydrogen-bond donors (Lipinski definition) is 1. The molecule has 120 valence electrons. The van der Waals surface area contributed by atoms with Crippen molar-refractivity contribution in [2.45, 2.75) is 70.6 Å². The molecule has 0 radical (unpaired) electrons. The zero-order valence-corrected chi connectivity index (χ0v) is 13.5. The highest BCUT2D eigenvalue weighted by Gasteiger charge is 2.39. The zero-order valence-electron chi connectivity index (χ0n) is 13.5. The molecule has 3 nitrogen and oxygen atoms in total. The Labute approximate surface area is 129 Å². The lowest BCUT2D eigenvalue weighted by molar-refractivity contribution is -0.139. The average Bonchev–Trinajstić information content (AvgIpc) is 2.96. The highest BCUT2D eigenvalue weighted by Crippen LogP contribution is 2.46. The van der Waals surface area contributed by atoms with Crippen molar-refractivity contribution in [1.82, 2.24) is 4.90 Å². The Kier molecular flexibility index (Phi) is 4.88. The molecular weight excluding hydrogens is 260 g/mol. The van der Waals surface area contributed by atoms with E-state index in [1.807, 2.05) is 0 Å². The van der Waals surface area contributed by atoms with Crippen molar-refractivity contribution in [1.29, 1.82) is 0 Å². The van der Waals surface area contributed by atoms with Gasteiger partial charge >= 0.3 is 0 Å². The molecular formula is C18H32N2O. The van der Waals surface area contributed by atoms with Crippen molar-refractivity contribution >= 4 is 5.91 Å². The third-order valence-electron chi connectivity index (χ3n) is 6.51. The summed E-state index contributed by atoms with van der Waals surface area (Å²) in [5.41, 5.74) is 6.31. The summed E-state index contributed by atoms with van der Waals surface area (Å²) in [6.07, 6.45) is 14.0. The Morgan fingerprint density at radius 1 is 1.05 bits per heavy atom. The van der Waals surface area contributed by atoms with Crippen LogP contribution >= 0.6 is 0 Å². The lowest BCUT2D eigenvalue weighted by atomic mass is 9.76. The number of nitrogens with zero attached hydrogens (tertiary/aromatic N) is 1. The third-order valence-corrected chi connectivity index (χ3v) is 6.51. The maximum absolute atomic E-state index is 12.8. The SMILES string of the molecule is NCCC1CCCC(C(=O)N2CCC3(CCCC3)CC2)C1. The highest BCUT2D eigenvalue weighted by atomic mass is 16.2. The first-order valence-corrected chi connectivity index (χ1v) is 9.21. The van der Waals surface area contributed by atoms with Crippen LogP contribution < -0.4 is 5.73 Å². The molecule has 0 aromatic heterocycles. The summed E-state index contributed by atoms with van der Waals surface area (Å²) in [5, 5.41) is 0. The van der Waals surface area contributed by atoms with E-state index in [0.717, 1.165) is 38.9 Å². The molecule has 2 aliphatic carbocycles. The van der Waals surface area contributed by atoms with Crippen LogP contribution in [0.2, 0.25) is 0 Å². The molecule has 0 aromatic carbocycles. The average molecular weight is 292 g/mol. The number of piperidine rings is 1. The Morgan fingerprint density at radius 3 is 2.43 bits per heavy atom. The number of rotatable bonds is 3. The molecule has 1 amide bonds. The highest BCUT2D eigenvalue weighted by molar-refractivity contribution is 5.79. The van der Waals surface area contributed by atoms with Crippen molar-refractivity contribution in [3.63, 3.8) is 0 Å². The molecule has 2 saturated carbocycles. The molecule has 0 aromatic rings. The van der Waals surface area contributed by atoms with Crippen molar-refractivity contribution in [2.75, 3.05) is 19.6 Å². The van der Waals surface area contributed by atoms with Crippen LogP contribution in [0.5, 0.6) is 0 Å². The third kappa shape index (κ3) is 3.44. The Morgan fingerprint density at radius 2 is 1.76 bits per heavy atom. The van der Waals surface area contributed by atoms with Crippen LogP contribution in [-0.4, -0.2) is 30.4 Å². The summed E-state index contributed by atoms with van der Waals surface area (Å²) in [7, 11) is 0. The Hall–Kier alpha value is -0.570. The monoisotopic (exact) mass is 292 g/mol. The number of amides is 1. The maximum atomic E-state index is 12.8. The van der Waals surface area contributed by atoms with Gasteiger partial charge in [-0.05, 0) is 62.8 Å². The van der Waals surface area contributed by atoms with E-state index in [0.29, 0.717) is 23.2 Å². The molecule has 1 heterocycles. The molecule has 2 atom stereocenters. The summed E-state index contributed by atoms with van der Waals surface area (Å²) in [6, 6.07) is 0. The van der Waals surface area contributed by atoms with Crippen LogP contribution in [0.3, 0.4) is 0 Å². The molecule has 2 unspecified atom stereocenters. The minimum absolute atomic E-state index is 0.299. The van der Waals surface area contributed by atoms with Gasteiger partial charge in [-0.25, -0.2) is 0 Å². The summed E-state index contributed by atoms with van der Waals surface area (Å²) < 4.78 is 0. The molecule has 0 bridgehead atoms. The zero-order chi connectivity index (χ0) is 14.7. The Balaban J connectivity index is 1.51. The second-order valence-corrected chi connectivity index (χ2v) is 7.84. The molecule has 1 saturated heterocycles. The van der Waals surface area contributed by atoms with E-state index in [9.17, 15) is 4.79 Å². The van der Waals surface area contributed by atoms with Gasteiger partial charge in [0.25, 0.3) is 0 Å². The van der Waals surface area contributed by atoms with Gasteiger partial charge in [-0.3, -0.25) is 4.79 Å². The summed E-state index contributed by atoms with van der Waals surface area (Å²) in [6.45, 7) is 2.82. The van der Waals surface area contributed by atoms with Gasteiger partial charge in [0.2, 0.25) is 5.91 Å². The van der Waals surface area contributed by atoms with E-state index in [-0.39, 0.29) is 0 Å². The second-order valence-electron chi connectivity index (χ2n) is 7.84. The second kappa shape index (κ2) is 6.68. The van der Waals surface area contributed by atoms with E-state index in [1.165, 1.54) is 51.4 Å². The van der Waals surface area contributed by atoms with Crippen molar-refractivity contribution in [3.8, 4) is 0 Å². The van der Waals surface area contributed by atoms with Gasteiger partial charge in [0, 0.05) is 19.0 Å². The van der Waals surface area contributed by atoms with E-state index in [2.05, 4.69) is 4.90 Å². The van der Waals surface area contributed by atoms with Crippen LogP contribution in [0.25, 0.3) is 0 Å². The number of likely N-dealkylation sites (tertiary alicyclic amines) is 1. The molecule has 3 fully saturated rings. The number of nitrogens with two attached hydrogens (primary N) is 1. The van der Waals surface area contributed by atoms with Crippen LogP contribution in [-0.2, 0) is 4.79 Å². The molecule has 2 N–H and O–H groups in total. The minimum atomic E-state index is 0.299. The Bertz CT molecular complexity index is 350. The molecule has 1 spiro atoms. The van der Waals surface area contributed by atoms with Crippen molar-refractivity contribution in [2.24, 2.45) is 23.0 Å². The largest absolute Gasteiger partial charge is 0.342 e. The summed E-state index contributed by atoms with van der Waals surface area (Å²) in [5.74, 6) is 1.46. The number of carbonyl (C=O) groups excluding carboxylic acids is 1.